The van der Waals surface area contributed by atoms with Crippen LogP contribution in [0.3, 0.4) is 0 Å². The fourth-order valence-electron chi connectivity index (χ4n) is 4.82. The summed E-state index contributed by atoms with van der Waals surface area (Å²) in [5.74, 6) is 1.74. The lowest BCUT2D eigenvalue weighted by Gasteiger charge is -2.18. The SMILES string of the molecule is C.CCC(CN)CC(C)CNC(=O)OCCOCCOCCOCCN.CCC(CN)CC(C)CNC(=O)OCCOCCOCCOCCNC(=O)OC(C)C. The third kappa shape index (κ3) is 44.4. The maximum Gasteiger partial charge on any atom is 0.407 e. The summed E-state index contributed by atoms with van der Waals surface area (Å²) in [6.45, 7) is 21.1. The van der Waals surface area contributed by atoms with E-state index in [0.717, 1.165) is 25.7 Å². The molecule has 4 atom stereocenters. The van der Waals surface area contributed by atoms with E-state index < -0.39 is 18.3 Å². The highest BCUT2D eigenvalue weighted by atomic mass is 16.6. The third-order valence-corrected chi connectivity index (χ3v) is 8.01. The number of nitrogens with two attached hydrogens (primary N) is 3. The summed E-state index contributed by atoms with van der Waals surface area (Å²) in [5, 5.41) is 8.12. The predicted molar refractivity (Wildman–Crippen MR) is 222 cm³/mol. The first kappa shape index (κ1) is 58.8. The second-order valence-electron chi connectivity index (χ2n) is 13.6. The van der Waals surface area contributed by atoms with Crippen LogP contribution in [0.1, 0.15) is 74.7 Å². The highest BCUT2D eigenvalue weighted by molar-refractivity contribution is 5.67. The van der Waals surface area contributed by atoms with E-state index >= 15 is 0 Å². The van der Waals surface area contributed by atoms with Crippen molar-refractivity contribution in [1.82, 2.24) is 16.0 Å². The van der Waals surface area contributed by atoms with Crippen LogP contribution < -0.4 is 33.2 Å². The van der Waals surface area contributed by atoms with Gasteiger partial charge in [0.05, 0.1) is 85.4 Å². The Morgan fingerprint density at radius 1 is 0.491 bits per heavy atom. The topological polar surface area (TPSA) is 248 Å². The predicted octanol–water partition coefficient (Wildman–Crippen LogP) is 3.28. The first-order chi connectivity index (χ1) is 27.0. The van der Waals surface area contributed by atoms with E-state index in [2.05, 4.69) is 43.6 Å². The highest BCUT2D eigenvalue weighted by Crippen LogP contribution is 2.14. The van der Waals surface area contributed by atoms with Crippen molar-refractivity contribution in [2.75, 3.05) is 132 Å². The number of hydrogen-bond acceptors (Lipinski definition) is 15. The summed E-state index contributed by atoms with van der Waals surface area (Å²) in [4.78, 5) is 34.5. The van der Waals surface area contributed by atoms with Crippen LogP contribution in [0, 0.1) is 23.7 Å². The molecule has 0 saturated carbocycles. The van der Waals surface area contributed by atoms with Crippen LogP contribution in [-0.4, -0.2) is 156 Å². The largest absolute Gasteiger partial charge is 0.447 e. The Morgan fingerprint density at radius 2 is 0.842 bits per heavy atom. The molecule has 0 rings (SSSR count). The van der Waals surface area contributed by atoms with Crippen LogP contribution in [0.25, 0.3) is 0 Å². The lowest BCUT2D eigenvalue weighted by Crippen LogP contribution is -2.31. The monoisotopic (exact) mass is 829 g/mol. The van der Waals surface area contributed by atoms with Crippen LogP contribution in [0.2, 0.25) is 0 Å². The van der Waals surface area contributed by atoms with E-state index in [-0.39, 0.29) is 26.7 Å². The molecule has 0 radical (unpaired) electrons. The summed E-state index contributed by atoms with van der Waals surface area (Å²) in [5.41, 5.74) is 16.7. The number of ether oxygens (including phenoxy) is 9. The van der Waals surface area contributed by atoms with Crippen molar-refractivity contribution in [2.24, 2.45) is 40.9 Å². The van der Waals surface area contributed by atoms with Crippen molar-refractivity contribution < 1.29 is 57.0 Å². The maximum atomic E-state index is 11.7. The normalized spacial score (nSPS) is 12.9. The summed E-state index contributed by atoms with van der Waals surface area (Å²) < 4.78 is 46.9. The van der Waals surface area contributed by atoms with Gasteiger partial charge in [-0.2, -0.15) is 0 Å². The second-order valence-corrected chi connectivity index (χ2v) is 13.6. The second kappa shape index (κ2) is 44.6. The molecule has 0 aromatic carbocycles. The number of amides is 3. The van der Waals surface area contributed by atoms with Gasteiger partial charge in [0.1, 0.15) is 13.2 Å². The van der Waals surface area contributed by atoms with Crippen LogP contribution in [0.15, 0.2) is 0 Å². The summed E-state index contributed by atoms with van der Waals surface area (Å²) in [7, 11) is 0. The van der Waals surface area contributed by atoms with E-state index in [9.17, 15) is 14.4 Å². The molecule has 0 aliphatic carbocycles. The molecule has 57 heavy (non-hydrogen) atoms. The molecule has 18 heteroatoms. The zero-order chi connectivity index (χ0) is 42.1. The molecule has 0 aromatic heterocycles. The molecule has 9 N–H and O–H groups in total. The number of rotatable bonds is 36. The smallest absolute Gasteiger partial charge is 0.407 e. The lowest BCUT2D eigenvalue weighted by molar-refractivity contribution is 0.00599. The first-order valence-corrected chi connectivity index (χ1v) is 20.3. The molecule has 3 amide bonds. The van der Waals surface area contributed by atoms with Crippen LogP contribution in [0.4, 0.5) is 14.4 Å². The molecule has 0 aromatic rings. The first-order valence-electron chi connectivity index (χ1n) is 20.3. The average molecular weight is 829 g/mol. The van der Waals surface area contributed by atoms with Gasteiger partial charge in [0, 0.05) is 26.2 Å². The number of carbonyl (C=O) groups is 3. The van der Waals surface area contributed by atoms with Gasteiger partial charge < -0.3 is 75.8 Å². The van der Waals surface area contributed by atoms with Gasteiger partial charge in [-0.15, -0.1) is 0 Å². The van der Waals surface area contributed by atoms with E-state index in [1.807, 2.05) is 0 Å². The van der Waals surface area contributed by atoms with Crippen molar-refractivity contribution >= 4 is 18.3 Å². The minimum atomic E-state index is -0.448. The highest BCUT2D eigenvalue weighted by Gasteiger charge is 2.13. The molecule has 0 spiro atoms. The molecular formula is C39H84N6O12. The molecule has 0 saturated heterocycles. The van der Waals surface area contributed by atoms with Crippen molar-refractivity contribution in [2.45, 2.75) is 80.8 Å². The molecule has 4 unspecified atom stereocenters. The zero-order valence-electron chi connectivity index (χ0n) is 35.5. The number of carbonyl (C=O) groups excluding carboxylic acids is 3. The summed E-state index contributed by atoms with van der Waals surface area (Å²) in [6.07, 6.45) is 2.67. The van der Waals surface area contributed by atoms with Gasteiger partial charge in [0.25, 0.3) is 0 Å². The van der Waals surface area contributed by atoms with Crippen molar-refractivity contribution in [1.29, 1.82) is 0 Å². The Labute approximate surface area is 344 Å². The third-order valence-electron chi connectivity index (χ3n) is 8.01. The number of hydrogen-bond donors (Lipinski definition) is 6. The molecule has 0 fully saturated rings. The molecule has 0 aliphatic rings. The Balaban J connectivity index is -0.00000103. The lowest BCUT2D eigenvalue weighted by atomic mass is 9.94. The zero-order valence-corrected chi connectivity index (χ0v) is 35.5. The van der Waals surface area contributed by atoms with Crippen LogP contribution in [-0.2, 0) is 42.6 Å². The van der Waals surface area contributed by atoms with E-state index in [1.165, 1.54) is 0 Å². The van der Waals surface area contributed by atoms with Crippen LogP contribution >= 0.6 is 0 Å². The fraction of sp³-hybridized carbons (Fsp3) is 0.923. The van der Waals surface area contributed by atoms with Crippen molar-refractivity contribution in [3.05, 3.63) is 0 Å². The standard InChI is InChI=1S/C21H43N3O7.C17H37N3O5.CH4/c1-5-19(15-22)14-18(4)16-24-20(25)30-13-12-29-11-10-28-9-8-27-7-6-23-21(26)31-17(2)3;1-3-16(13-19)12-15(2)14-20-17(21)25-11-10-24-9-8-23-7-6-22-5-4-18;/h17-19H,5-16,22H2,1-4H3,(H,23,26)(H,24,25);15-16H,3-14,18-19H2,1-2H3,(H,20,21);1H4. The van der Waals surface area contributed by atoms with Crippen molar-refractivity contribution in [3.8, 4) is 0 Å². The Morgan fingerprint density at radius 3 is 1.18 bits per heavy atom. The maximum absolute atomic E-state index is 11.7. The molecule has 0 bridgehead atoms. The number of nitrogens with one attached hydrogen (secondary N) is 3. The average Bonchev–Trinajstić information content (AvgIpc) is 3.18. The minimum absolute atomic E-state index is 0. The summed E-state index contributed by atoms with van der Waals surface area (Å²) in [6, 6.07) is 0. The minimum Gasteiger partial charge on any atom is -0.447 e. The van der Waals surface area contributed by atoms with E-state index in [1.54, 1.807) is 13.8 Å². The van der Waals surface area contributed by atoms with Gasteiger partial charge in [-0.05, 0) is 63.5 Å². The quantitative estimate of drug-likeness (QED) is 0.0392. The Bertz CT molecular complexity index is 889. The van der Waals surface area contributed by atoms with E-state index in [4.69, 9.17) is 59.8 Å². The van der Waals surface area contributed by atoms with Crippen molar-refractivity contribution in [3.63, 3.8) is 0 Å². The van der Waals surface area contributed by atoms with Gasteiger partial charge in [0.15, 0.2) is 0 Å². The van der Waals surface area contributed by atoms with Crippen LogP contribution in [0.5, 0.6) is 0 Å². The van der Waals surface area contributed by atoms with Gasteiger partial charge in [0.2, 0.25) is 0 Å². The Kier molecular flexibility index (Phi) is 45.9. The summed E-state index contributed by atoms with van der Waals surface area (Å²) >= 11 is 0. The molecular weight excluding hydrogens is 744 g/mol. The number of alkyl carbamates (subject to hydrolysis) is 3. The molecule has 0 heterocycles. The molecule has 0 aliphatic heterocycles. The van der Waals surface area contributed by atoms with E-state index in [0.29, 0.717) is 142 Å². The van der Waals surface area contributed by atoms with Gasteiger partial charge in [-0.1, -0.05) is 48.0 Å². The van der Waals surface area contributed by atoms with Gasteiger partial charge in [-0.3, -0.25) is 0 Å². The molecule has 342 valence electrons. The molecule has 18 nitrogen and oxygen atoms in total. The van der Waals surface area contributed by atoms with Gasteiger partial charge >= 0.3 is 18.3 Å². The fourth-order valence-corrected chi connectivity index (χ4v) is 4.82. The Hall–Kier alpha value is -2.55. The van der Waals surface area contributed by atoms with Gasteiger partial charge in [-0.25, -0.2) is 14.4 Å².